The second-order valence-corrected chi connectivity index (χ2v) is 3.44. The number of hydrogen-bond donors (Lipinski definition) is 1. The SMILES string of the molecule is O=C1C=CC2=CCC=CC12CCO. The molecule has 0 aromatic rings. The van der Waals surface area contributed by atoms with Gasteiger partial charge in [0.2, 0.25) is 0 Å². The zero-order valence-corrected chi connectivity index (χ0v) is 7.36. The van der Waals surface area contributed by atoms with Gasteiger partial charge < -0.3 is 5.11 Å². The standard InChI is InChI=1S/C11H12O2/c12-8-7-11-6-2-1-3-9(11)4-5-10(11)13/h2-6,12H,1,7-8H2. The van der Waals surface area contributed by atoms with Crippen molar-refractivity contribution >= 4 is 5.78 Å². The number of carbonyl (C=O) groups is 1. The lowest BCUT2D eigenvalue weighted by molar-refractivity contribution is -0.119. The fourth-order valence-corrected chi connectivity index (χ4v) is 2.03. The van der Waals surface area contributed by atoms with Crippen molar-refractivity contribution in [3.05, 3.63) is 36.0 Å². The summed E-state index contributed by atoms with van der Waals surface area (Å²) in [7, 11) is 0. The quantitative estimate of drug-likeness (QED) is 0.645. The molecule has 0 bridgehead atoms. The van der Waals surface area contributed by atoms with Gasteiger partial charge in [-0.25, -0.2) is 0 Å². The maximum Gasteiger partial charge on any atom is 0.170 e. The molecule has 2 heteroatoms. The van der Waals surface area contributed by atoms with E-state index in [1.807, 2.05) is 18.2 Å². The Bertz CT molecular complexity index is 323. The lowest BCUT2D eigenvalue weighted by Crippen LogP contribution is -2.28. The third-order valence-corrected chi connectivity index (χ3v) is 2.75. The van der Waals surface area contributed by atoms with Gasteiger partial charge in [0.1, 0.15) is 0 Å². The molecule has 1 atom stereocenters. The molecule has 13 heavy (non-hydrogen) atoms. The maximum atomic E-state index is 11.6. The van der Waals surface area contributed by atoms with E-state index in [1.54, 1.807) is 6.08 Å². The summed E-state index contributed by atoms with van der Waals surface area (Å²) >= 11 is 0. The molecule has 0 radical (unpaired) electrons. The highest BCUT2D eigenvalue weighted by atomic mass is 16.3. The summed E-state index contributed by atoms with van der Waals surface area (Å²) in [6.45, 7) is 0.0507. The number of allylic oxidation sites excluding steroid dienone is 6. The van der Waals surface area contributed by atoms with E-state index in [-0.39, 0.29) is 12.4 Å². The molecule has 0 amide bonds. The van der Waals surface area contributed by atoms with Crippen molar-refractivity contribution in [2.75, 3.05) is 6.61 Å². The van der Waals surface area contributed by atoms with Gasteiger partial charge in [-0.05, 0) is 24.5 Å². The van der Waals surface area contributed by atoms with Crippen LogP contribution < -0.4 is 0 Å². The molecule has 2 rings (SSSR count). The van der Waals surface area contributed by atoms with Crippen LogP contribution in [-0.2, 0) is 4.79 Å². The monoisotopic (exact) mass is 176 g/mol. The largest absolute Gasteiger partial charge is 0.396 e. The van der Waals surface area contributed by atoms with Crippen molar-refractivity contribution in [3.8, 4) is 0 Å². The van der Waals surface area contributed by atoms with Crippen molar-refractivity contribution in [2.45, 2.75) is 12.8 Å². The van der Waals surface area contributed by atoms with Crippen LogP contribution in [0.5, 0.6) is 0 Å². The Balaban J connectivity index is 2.40. The lowest BCUT2D eigenvalue weighted by Gasteiger charge is -2.27. The maximum absolute atomic E-state index is 11.6. The number of ketones is 1. The summed E-state index contributed by atoms with van der Waals surface area (Å²) in [4.78, 5) is 11.6. The highest BCUT2D eigenvalue weighted by Gasteiger charge is 2.40. The van der Waals surface area contributed by atoms with E-state index in [2.05, 4.69) is 6.08 Å². The van der Waals surface area contributed by atoms with Crippen LogP contribution >= 0.6 is 0 Å². The molecule has 0 saturated carbocycles. The summed E-state index contributed by atoms with van der Waals surface area (Å²) in [6, 6.07) is 0. The van der Waals surface area contributed by atoms with Crippen LogP contribution in [0.15, 0.2) is 36.0 Å². The number of carbonyl (C=O) groups excluding carboxylic acids is 1. The van der Waals surface area contributed by atoms with Crippen molar-refractivity contribution in [2.24, 2.45) is 5.41 Å². The first-order valence-corrected chi connectivity index (χ1v) is 4.51. The van der Waals surface area contributed by atoms with Gasteiger partial charge in [0.15, 0.2) is 5.78 Å². The number of aliphatic hydroxyl groups is 1. The number of hydrogen-bond acceptors (Lipinski definition) is 2. The molecule has 1 unspecified atom stereocenters. The smallest absolute Gasteiger partial charge is 0.170 e. The van der Waals surface area contributed by atoms with Crippen LogP contribution in [0.4, 0.5) is 0 Å². The van der Waals surface area contributed by atoms with Crippen molar-refractivity contribution in [3.63, 3.8) is 0 Å². The van der Waals surface area contributed by atoms with Gasteiger partial charge in [0.05, 0.1) is 5.41 Å². The molecule has 2 aliphatic carbocycles. The minimum atomic E-state index is -0.521. The molecule has 0 fully saturated rings. The van der Waals surface area contributed by atoms with Crippen molar-refractivity contribution in [1.29, 1.82) is 0 Å². The third-order valence-electron chi connectivity index (χ3n) is 2.75. The normalized spacial score (nSPS) is 30.5. The lowest BCUT2D eigenvalue weighted by atomic mass is 9.75. The summed E-state index contributed by atoms with van der Waals surface area (Å²) in [5.41, 5.74) is 0.529. The Morgan fingerprint density at radius 2 is 2.31 bits per heavy atom. The van der Waals surface area contributed by atoms with Gasteiger partial charge in [0, 0.05) is 6.61 Å². The van der Waals surface area contributed by atoms with Crippen LogP contribution in [-0.4, -0.2) is 17.5 Å². The van der Waals surface area contributed by atoms with Crippen molar-refractivity contribution in [1.82, 2.24) is 0 Å². The highest BCUT2D eigenvalue weighted by Crippen LogP contribution is 2.42. The summed E-state index contributed by atoms with van der Waals surface area (Å²) < 4.78 is 0. The average Bonchev–Trinajstić information content (AvgIpc) is 2.46. The van der Waals surface area contributed by atoms with Gasteiger partial charge in [-0.15, -0.1) is 0 Å². The second kappa shape index (κ2) is 2.96. The Labute approximate surface area is 77.3 Å². The van der Waals surface area contributed by atoms with Crippen LogP contribution in [0.1, 0.15) is 12.8 Å². The molecular formula is C11H12O2. The Morgan fingerprint density at radius 1 is 1.46 bits per heavy atom. The first-order chi connectivity index (χ1) is 6.29. The Morgan fingerprint density at radius 3 is 3.08 bits per heavy atom. The van der Waals surface area contributed by atoms with Crippen molar-refractivity contribution < 1.29 is 9.90 Å². The predicted molar refractivity (Wildman–Crippen MR) is 50.1 cm³/mol. The fourth-order valence-electron chi connectivity index (χ4n) is 2.03. The molecule has 0 aromatic heterocycles. The van der Waals surface area contributed by atoms with Crippen LogP contribution in [0.25, 0.3) is 0 Å². The topological polar surface area (TPSA) is 37.3 Å². The molecule has 0 aliphatic heterocycles. The molecule has 2 aliphatic rings. The molecule has 1 N–H and O–H groups in total. The third kappa shape index (κ3) is 1.10. The van der Waals surface area contributed by atoms with E-state index < -0.39 is 5.41 Å². The minimum absolute atomic E-state index is 0.0507. The molecule has 0 aromatic carbocycles. The summed E-state index contributed by atoms with van der Waals surface area (Å²) in [6.07, 6.45) is 10.8. The summed E-state index contributed by atoms with van der Waals surface area (Å²) in [5.74, 6) is 0.101. The van der Waals surface area contributed by atoms with Crippen LogP contribution in [0.3, 0.4) is 0 Å². The fraction of sp³-hybridized carbons (Fsp3) is 0.364. The first kappa shape index (κ1) is 8.45. The van der Waals surface area contributed by atoms with E-state index in [4.69, 9.17) is 5.11 Å². The van der Waals surface area contributed by atoms with Gasteiger partial charge >= 0.3 is 0 Å². The minimum Gasteiger partial charge on any atom is -0.396 e. The van der Waals surface area contributed by atoms with E-state index in [0.29, 0.717) is 6.42 Å². The predicted octanol–water partition coefficient (Wildman–Crippen LogP) is 1.38. The number of aliphatic hydroxyl groups excluding tert-OH is 1. The van der Waals surface area contributed by atoms with Gasteiger partial charge in [-0.2, -0.15) is 0 Å². The molecule has 68 valence electrons. The van der Waals surface area contributed by atoms with E-state index >= 15 is 0 Å². The Kier molecular flexibility index (Phi) is 1.93. The second-order valence-electron chi connectivity index (χ2n) is 3.44. The molecule has 0 spiro atoms. The van der Waals surface area contributed by atoms with Gasteiger partial charge in [0.25, 0.3) is 0 Å². The summed E-state index contributed by atoms with van der Waals surface area (Å²) in [5, 5.41) is 8.94. The average molecular weight is 176 g/mol. The van der Waals surface area contributed by atoms with Crippen LogP contribution in [0.2, 0.25) is 0 Å². The van der Waals surface area contributed by atoms with Crippen LogP contribution in [0, 0.1) is 5.41 Å². The zero-order valence-electron chi connectivity index (χ0n) is 7.36. The molecule has 2 nitrogen and oxygen atoms in total. The number of fused-ring (bicyclic) bond motifs is 1. The first-order valence-electron chi connectivity index (χ1n) is 4.51. The zero-order chi connectivity index (χ0) is 9.31. The highest BCUT2D eigenvalue weighted by molar-refractivity contribution is 6.03. The Hall–Kier alpha value is -1.15. The van der Waals surface area contributed by atoms with E-state index in [9.17, 15) is 4.79 Å². The molecular weight excluding hydrogens is 164 g/mol. The molecule has 0 saturated heterocycles. The van der Waals surface area contributed by atoms with E-state index in [0.717, 1.165) is 12.0 Å². The number of rotatable bonds is 2. The van der Waals surface area contributed by atoms with Gasteiger partial charge in [-0.3, -0.25) is 4.79 Å². The van der Waals surface area contributed by atoms with E-state index in [1.165, 1.54) is 0 Å². The molecule has 0 heterocycles. The van der Waals surface area contributed by atoms with Gasteiger partial charge in [-0.1, -0.05) is 24.3 Å².